The van der Waals surface area contributed by atoms with Crippen molar-refractivity contribution >= 4 is 48.0 Å². The highest BCUT2D eigenvalue weighted by atomic mass is 32.1. The second kappa shape index (κ2) is 15.3. The average molecular weight is 663 g/mol. The highest BCUT2D eigenvalue weighted by Gasteiger charge is 2.37. The molecular weight excluding hydrogens is 630 g/mol. The number of carbonyl (C=O) groups excluding carboxylic acids is 2. The summed E-state index contributed by atoms with van der Waals surface area (Å²) in [6.07, 6.45) is -8.62. The molecule has 18 heteroatoms. The lowest BCUT2D eigenvalue weighted by molar-refractivity contribution is -0.143. The van der Waals surface area contributed by atoms with Gasteiger partial charge in [-0.1, -0.05) is 13.8 Å². The van der Waals surface area contributed by atoms with Crippen molar-refractivity contribution in [3.05, 3.63) is 53.2 Å². The molecule has 2 heterocycles. The number of thiol groups is 1. The molecule has 0 unspecified atom stereocenters. The Morgan fingerprint density at radius 2 is 1.56 bits per heavy atom. The maximum Gasteiger partial charge on any atom is 0.416 e. The van der Waals surface area contributed by atoms with Crippen molar-refractivity contribution in [2.24, 2.45) is 4.40 Å². The van der Waals surface area contributed by atoms with E-state index in [1.165, 1.54) is 11.1 Å². The fraction of sp³-hybridized carbons (Fsp3) is 0.444. The number of nitrogens with one attached hydrogen (secondary N) is 3. The molecular formula is C27H32F6N8O3S. The third kappa shape index (κ3) is 10.2. The first-order chi connectivity index (χ1) is 21.1. The van der Waals surface area contributed by atoms with Crippen molar-refractivity contribution in [1.82, 2.24) is 19.7 Å². The van der Waals surface area contributed by atoms with Crippen LogP contribution in [-0.4, -0.2) is 89.2 Å². The summed E-state index contributed by atoms with van der Waals surface area (Å²) in [7, 11) is 0. The summed E-state index contributed by atoms with van der Waals surface area (Å²) in [4.78, 5) is 33.8. The van der Waals surface area contributed by atoms with Crippen LogP contribution in [0.1, 0.15) is 30.5 Å². The van der Waals surface area contributed by atoms with E-state index in [-0.39, 0.29) is 63.0 Å². The van der Waals surface area contributed by atoms with Crippen LogP contribution in [0.4, 0.5) is 42.6 Å². The molecule has 1 aromatic carbocycles. The van der Waals surface area contributed by atoms with Crippen molar-refractivity contribution in [2.45, 2.75) is 32.8 Å². The Bertz CT molecular complexity index is 1360. The topological polar surface area (TPSA) is 126 Å². The van der Waals surface area contributed by atoms with Gasteiger partial charge < -0.3 is 25.2 Å². The van der Waals surface area contributed by atoms with Gasteiger partial charge in [-0.2, -0.15) is 30.7 Å². The number of hydrogen-bond donors (Lipinski definition) is 4. The first-order valence-electron chi connectivity index (χ1n) is 13.7. The van der Waals surface area contributed by atoms with E-state index in [1.54, 1.807) is 17.0 Å². The number of rotatable bonds is 8. The number of urea groups is 1. The lowest BCUT2D eigenvalue weighted by atomic mass is 10.1. The largest absolute Gasteiger partial charge is 0.471 e. The molecule has 0 bridgehead atoms. The van der Waals surface area contributed by atoms with Gasteiger partial charge in [0.15, 0.2) is 5.84 Å². The lowest BCUT2D eigenvalue weighted by Crippen LogP contribution is -2.53. The highest BCUT2D eigenvalue weighted by Crippen LogP contribution is 2.37. The Labute approximate surface area is 260 Å². The van der Waals surface area contributed by atoms with Crippen LogP contribution in [0, 0.1) is 5.41 Å². The number of nitrogens with zero attached hydrogens (tertiary/aromatic N) is 5. The molecule has 1 fully saturated rings. The van der Waals surface area contributed by atoms with Gasteiger partial charge in [-0.3, -0.25) is 15.1 Å². The minimum atomic E-state index is -5.05. The average Bonchev–Trinajstić information content (AvgIpc) is 2.98. The zero-order valence-electron chi connectivity index (χ0n) is 24.3. The van der Waals surface area contributed by atoms with Gasteiger partial charge in [-0.25, -0.2) is 9.78 Å². The molecule has 0 atom stereocenters. The van der Waals surface area contributed by atoms with E-state index in [0.29, 0.717) is 23.5 Å². The molecule has 0 spiro atoms. The number of amidine groups is 1. The number of anilines is 2. The SMILES string of the molecule is CCN(CC)CC(=O)Nc1cc(COC(=N)/C(=N\S)N2CCN(C(=O)Nc3cc(C(F)(F)F)cc(C(F)(F)F)c3)CC2)ccn1. The van der Waals surface area contributed by atoms with Gasteiger partial charge in [-0.15, -0.1) is 0 Å². The van der Waals surface area contributed by atoms with Crippen LogP contribution in [0.2, 0.25) is 0 Å². The van der Waals surface area contributed by atoms with Gasteiger partial charge in [0.1, 0.15) is 12.4 Å². The molecule has 2 aromatic rings. The van der Waals surface area contributed by atoms with E-state index in [2.05, 4.69) is 32.8 Å². The predicted octanol–water partition coefficient (Wildman–Crippen LogP) is 4.99. The number of carbonyl (C=O) groups is 2. The zero-order valence-corrected chi connectivity index (χ0v) is 25.2. The standard InChI is InChI=1S/C27H32F6N8O3S/c1-3-39(4-2)15-22(42)37-21-11-17(5-6-35-21)16-44-23(34)24(38-45)40-7-9-41(10-8-40)25(43)36-20-13-18(26(28,29)30)12-19(14-20)27(31,32)33/h5-6,11-14,34,45H,3-4,7-10,15-16H2,1-2H3,(H,36,43)(H,35,37,42)/b34-23?,38-24+. The van der Waals surface area contributed by atoms with Crippen LogP contribution in [-0.2, 0) is 28.5 Å². The van der Waals surface area contributed by atoms with E-state index < -0.39 is 35.2 Å². The van der Waals surface area contributed by atoms with E-state index in [9.17, 15) is 35.9 Å². The van der Waals surface area contributed by atoms with Crippen molar-refractivity contribution in [2.75, 3.05) is 56.4 Å². The normalized spacial score (nSPS) is 14.4. The zero-order chi connectivity index (χ0) is 33.4. The molecule has 0 saturated carbocycles. The predicted molar refractivity (Wildman–Crippen MR) is 158 cm³/mol. The number of piperazine rings is 1. The number of amides is 3. The molecule has 0 aliphatic carbocycles. The Kier molecular flexibility index (Phi) is 12.0. The lowest BCUT2D eigenvalue weighted by Gasteiger charge is -2.36. The number of halogens is 6. The summed E-state index contributed by atoms with van der Waals surface area (Å²) in [5, 5.41) is 13.2. The van der Waals surface area contributed by atoms with Crippen LogP contribution in [0.3, 0.4) is 0 Å². The number of pyridine rings is 1. The molecule has 11 nitrogen and oxygen atoms in total. The molecule has 1 aliphatic rings. The number of hydrogen-bond acceptors (Lipinski definition) is 8. The third-order valence-electron chi connectivity index (χ3n) is 6.74. The van der Waals surface area contributed by atoms with Crippen molar-refractivity contribution in [3.8, 4) is 0 Å². The summed E-state index contributed by atoms with van der Waals surface area (Å²) >= 11 is 3.92. The number of likely N-dealkylation sites (N-methyl/N-ethyl adjacent to an activating group) is 1. The van der Waals surface area contributed by atoms with Gasteiger partial charge >= 0.3 is 18.4 Å². The van der Waals surface area contributed by atoms with Crippen LogP contribution >= 0.6 is 12.8 Å². The van der Waals surface area contributed by atoms with E-state index in [1.807, 2.05) is 18.7 Å². The van der Waals surface area contributed by atoms with E-state index in [0.717, 1.165) is 13.1 Å². The Balaban J connectivity index is 1.55. The second-order valence-electron chi connectivity index (χ2n) is 9.80. The van der Waals surface area contributed by atoms with Gasteiger partial charge in [0.05, 0.1) is 17.7 Å². The summed E-state index contributed by atoms with van der Waals surface area (Å²) in [6.45, 7) is 5.74. The van der Waals surface area contributed by atoms with Crippen LogP contribution in [0.25, 0.3) is 0 Å². The number of alkyl halides is 6. The third-order valence-corrected chi connectivity index (χ3v) is 6.93. The van der Waals surface area contributed by atoms with Crippen molar-refractivity contribution in [3.63, 3.8) is 0 Å². The highest BCUT2D eigenvalue weighted by molar-refractivity contribution is 7.79. The number of aromatic nitrogens is 1. The van der Waals surface area contributed by atoms with E-state index >= 15 is 0 Å². The Morgan fingerprint density at radius 3 is 2.09 bits per heavy atom. The van der Waals surface area contributed by atoms with Crippen LogP contribution < -0.4 is 10.6 Å². The molecule has 0 radical (unpaired) electrons. The summed E-state index contributed by atoms with van der Waals surface area (Å²) < 4.78 is 88.3. The molecule has 3 rings (SSSR count). The summed E-state index contributed by atoms with van der Waals surface area (Å²) in [6, 6.07) is 3.19. The maximum absolute atomic E-state index is 13.2. The molecule has 3 amide bonds. The first kappa shape index (κ1) is 35.4. The first-order valence-corrected chi connectivity index (χ1v) is 14.1. The van der Waals surface area contributed by atoms with Gasteiger partial charge in [0.25, 0.3) is 5.90 Å². The minimum absolute atomic E-state index is 0.0118. The fourth-order valence-corrected chi connectivity index (χ4v) is 4.51. The van der Waals surface area contributed by atoms with Gasteiger partial charge in [0, 0.05) is 38.1 Å². The monoisotopic (exact) mass is 662 g/mol. The van der Waals surface area contributed by atoms with Crippen molar-refractivity contribution in [1.29, 1.82) is 5.41 Å². The maximum atomic E-state index is 13.2. The van der Waals surface area contributed by atoms with Crippen LogP contribution in [0.15, 0.2) is 40.9 Å². The Hall–Kier alpha value is -4.06. The molecule has 45 heavy (non-hydrogen) atoms. The van der Waals surface area contributed by atoms with Crippen LogP contribution in [0.5, 0.6) is 0 Å². The molecule has 1 aromatic heterocycles. The molecule has 246 valence electrons. The summed E-state index contributed by atoms with van der Waals surface area (Å²) in [5.74, 6) is -0.199. The fourth-order valence-electron chi connectivity index (χ4n) is 4.29. The quantitative estimate of drug-likeness (QED) is 0.137. The molecule has 1 saturated heterocycles. The number of ether oxygens (including phenoxy) is 1. The van der Waals surface area contributed by atoms with Gasteiger partial charge in [-0.05, 0) is 61.8 Å². The smallest absolute Gasteiger partial charge is 0.416 e. The number of benzene rings is 1. The molecule has 1 aliphatic heterocycles. The van der Waals surface area contributed by atoms with Crippen molar-refractivity contribution < 1.29 is 40.7 Å². The minimum Gasteiger partial charge on any atom is -0.471 e. The Morgan fingerprint density at radius 1 is 0.978 bits per heavy atom. The summed E-state index contributed by atoms with van der Waals surface area (Å²) in [5.41, 5.74) is -3.14. The second-order valence-corrected chi connectivity index (χ2v) is 10.00. The van der Waals surface area contributed by atoms with Gasteiger partial charge in [0.2, 0.25) is 5.91 Å². The van der Waals surface area contributed by atoms with E-state index in [4.69, 9.17) is 10.1 Å². The molecule has 3 N–H and O–H groups in total.